The highest BCUT2D eigenvalue weighted by molar-refractivity contribution is 6.26. The van der Waals surface area contributed by atoms with Crippen LogP contribution < -0.4 is 14.7 Å². The van der Waals surface area contributed by atoms with E-state index in [1.807, 2.05) is 97.1 Å². The number of methoxy groups -OCH3 is 1. The molecule has 6 rings (SSSR count). The topological polar surface area (TPSA) is 59.1 Å². The van der Waals surface area contributed by atoms with Crippen molar-refractivity contribution in [2.24, 2.45) is 5.92 Å². The second kappa shape index (κ2) is 8.01. The largest absolute Gasteiger partial charge is 0.497 e. The Morgan fingerprint density at radius 2 is 1.47 bits per heavy atom. The number of fused-ring (bicyclic) bond motifs is 2. The van der Waals surface area contributed by atoms with Gasteiger partial charge in [0.05, 0.1) is 24.5 Å². The van der Waals surface area contributed by atoms with Crippen molar-refractivity contribution < 1.29 is 19.2 Å². The van der Waals surface area contributed by atoms with Crippen LogP contribution in [0.1, 0.15) is 11.6 Å². The maximum Gasteiger partial charge on any atom is 0.266 e. The number of hydrogen-bond acceptors (Lipinski definition) is 5. The summed E-state index contributed by atoms with van der Waals surface area (Å²) in [5, 5.41) is 3.52. The number of imide groups is 1. The van der Waals surface area contributed by atoms with Crippen LogP contribution in [-0.4, -0.2) is 25.0 Å². The monoisotopic (exact) mass is 450 g/mol. The van der Waals surface area contributed by atoms with E-state index in [1.165, 1.54) is 4.90 Å². The summed E-state index contributed by atoms with van der Waals surface area (Å²) in [5.74, 6) is -0.552. The molecule has 0 spiro atoms. The number of rotatable bonds is 4. The lowest BCUT2D eigenvalue weighted by atomic mass is 9.90. The first-order chi connectivity index (χ1) is 16.7. The second-order valence-electron chi connectivity index (χ2n) is 8.44. The van der Waals surface area contributed by atoms with Crippen LogP contribution in [0.4, 0.5) is 11.4 Å². The fourth-order valence-electron chi connectivity index (χ4n) is 5.00. The summed E-state index contributed by atoms with van der Waals surface area (Å²) in [6.45, 7) is 0. The number of anilines is 2. The first-order valence-electron chi connectivity index (χ1n) is 11.2. The number of benzene rings is 4. The lowest BCUT2D eigenvalue weighted by molar-refractivity contribution is -0.126. The van der Waals surface area contributed by atoms with Gasteiger partial charge in [0.25, 0.3) is 5.91 Å². The number of ether oxygens (including phenoxy) is 1. The molecule has 0 radical (unpaired) electrons. The Bertz CT molecular complexity index is 1380. The summed E-state index contributed by atoms with van der Waals surface area (Å²) < 4.78 is 5.28. The zero-order valence-corrected chi connectivity index (χ0v) is 18.5. The third-order valence-electron chi connectivity index (χ3n) is 6.59. The molecule has 0 saturated carbocycles. The van der Waals surface area contributed by atoms with Gasteiger partial charge in [0.2, 0.25) is 5.91 Å². The number of hydrogen-bond donors (Lipinski definition) is 0. The van der Waals surface area contributed by atoms with Crippen LogP contribution in [0.5, 0.6) is 5.75 Å². The molecule has 0 aromatic heterocycles. The standard InChI is InChI=1S/C28H22N2O4/c1-33-21-16-14-20(15-17-21)30-25(19-9-3-2-4-10-19)24-26(34-30)28(32)29(27(24)31)23-13-7-11-18-8-5-6-12-22(18)23/h2-17,24-26H,1H3/t24-,25-,26-/m0/s1. The minimum Gasteiger partial charge on any atom is -0.497 e. The van der Waals surface area contributed by atoms with Crippen molar-refractivity contribution in [2.45, 2.75) is 12.1 Å². The van der Waals surface area contributed by atoms with Gasteiger partial charge in [0.15, 0.2) is 6.10 Å². The van der Waals surface area contributed by atoms with E-state index in [0.717, 1.165) is 22.0 Å². The predicted molar refractivity (Wildman–Crippen MR) is 129 cm³/mol. The smallest absolute Gasteiger partial charge is 0.266 e. The highest BCUT2D eigenvalue weighted by atomic mass is 16.7. The van der Waals surface area contributed by atoms with Crippen LogP contribution in [0, 0.1) is 5.92 Å². The summed E-state index contributed by atoms with van der Waals surface area (Å²) >= 11 is 0. The predicted octanol–water partition coefficient (Wildman–Crippen LogP) is 4.90. The second-order valence-corrected chi connectivity index (χ2v) is 8.44. The highest BCUT2D eigenvalue weighted by Crippen LogP contribution is 2.48. The highest BCUT2D eigenvalue weighted by Gasteiger charge is 2.60. The molecule has 4 aromatic carbocycles. The Hall–Kier alpha value is -4.16. The molecule has 2 aliphatic rings. The molecule has 0 aliphatic carbocycles. The fraction of sp³-hybridized carbons (Fsp3) is 0.143. The maximum atomic E-state index is 13.9. The van der Waals surface area contributed by atoms with Crippen molar-refractivity contribution in [1.82, 2.24) is 0 Å². The average molecular weight is 450 g/mol. The van der Waals surface area contributed by atoms with Crippen molar-refractivity contribution in [2.75, 3.05) is 17.1 Å². The van der Waals surface area contributed by atoms with E-state index in [2.05, 4.69) is 0 Å². The number of nitrogens with zero attached hydrogens (tertiary/aromatic N) is 2. The Morgan fingerprint density at radius 3 is 2.24 bits per heavy atom. The van der Waals surface area contributed by atoms with Crippen LogP contribution in [-0.2, 0) is 14.4 Å². The molecule has 4 aromatic rings. The van der Waals surface area contributed by atoms with Gasteiger partial charge >= 0.3 is 0 Å². The van der Waals surface area contributed by atoms with Crippen molar-refractivity contribution in [3.63, 3.8) is 0 Å². The first kappa shape index (κ1) is 20.4. The molecule has 0 N–H and O–H groups in total. The van der Waals surface area contributed by atoms with Crippen LogP contribution in [0.2, 0.25) is 0 Å². The third kappa shape index (κ3) is 3.07. The number of hydroxylamine groups is 1. The minimum atomic E-state index is -0.904. The third-order valence-corrected chi connectivity index (χ3v) is 6.59. The SMILES string of the molecule is COc1ccc(N2O[C@@H]3C(=O)N(c4cccc5ccccc45)C(=O)[C@H]3[C@@H]2c2ccccc2)cc1. The number of carbonyl (C=O) groups excluding carboxylic acids is 2. The van der Waals surface area contributed by atoms with E-state index < -0.39 is 18.1 Å². The Morgan fingerprint density at radius 1 is 0.765 bits per heavy atom. The van der Waals surface area contributed by atoms with Crippen LogP contribution in [0.25, 0.3) is 10.8 Å². The van der Waals surface area contributed by atoms with Crippen LogP contribution >= 0.6 is 0 Å². The minimum absolute atomic E-state index is 0.254. The van der Waals surface area contributed by atoms with Crippen LogP contribution in [0.3, 0.4) is 0 Å². The van der Waals surface area contributed by atoms with E-state index in [0.29, 0.717) is 11.4 Å². The Balaban J connectivity index is 1.44. The molecule has 6 nitrogen and oxygen atoms in total. The van der Waals surface area contributed by atoms with Gasteiger partial charge in [-0.25, -0.2) is 9.96 Å². The molecule has 2 amide bonds. The lowest BCUT2D eigenvalue weighted by Crippen LogP contribution is -2.37. The fourth-order valence-corrected chi connectivity index (χ4v) is 5.00. The molecular formula is C28H22N2O4. The first-order valence-corrected chi connectivity index (χ1v) is 11.2. The zero-order chi connectivity index (χ0) is 23.2. The zero-order valence-electron chi connectivity index (χ0n) is 18.5. The average Bonchev–Trinajstić information content (AvgIpc) is 3.40. The summed E-state index contributed by atoms with van der Waals surface area (Å²) in [6.07, 6.45) is -0.904. The molecule has 2 heterocycles. The van der Waals surface area contributed by atoms with Crippen LogP contribution in [0.15, 0.2) is 97.1 Å². The molecule has 168 valence electrons. The van der Waals surface area contributed by atoms with E-state index in [1.54, 1.807) is 12.2 Å². The molecule has 3 atom stereocenters. The molecule has 6 heteroatoms. The van der Waals surface area contributed by atoms with E-state index in [-0.39, 0.29) is 11.8 Å². The van der Waals surface area contributed by atoms with Gasteiger partial charge in [-0.15, -0.1) is 0 Å². The normalized spacial score (nSPS) is 21.9. The van der Waals surface area contributed by atoms with Gasteiger partial charge in [-0.3, -0.25) is 14.4 Å². The van der Waals surface area contributed by atoms with Crippen molar-refractivity contribution in [1.29, 1.82) is 0 Å². The van der Waals surface area contributed by atoms with E-state index in [4.69, 9.17) is 9.57 Å². The molecule has 0 unspecified atom stereocenters. The quantitative estimate of drug-likeness (QED) is 0.414. The van der Waals surface area contributed by atoms with Gasteiger partial charge in [-0.05, 0) is 41.3 Å². The van der Waals surface area contributed by atoms with E-state index in [9.17, 15) is 9.59 Å². The van der Waals surface area contributed by atoms with Gasteiger partial charge in [-0.2, -0.15) is 0 Å². The molecule has 34 heavy (non-hydrogen) atoms. The molecule has 2 saturated heterocycles. The van der Waals surface area contributed by atoms with Crippen molar-refractivity contribution in [3.8, 4) is 5.75 Å². The van der Waals surface area contributed by atoms with E-state index >= 15 is 0 Å². The molecule has 0 bridgehead atoms. The van der Waals surface area contributed by atoms with Gasteiger partial charge in [0.1, 0.15) is 11.7 Å². The molecular weight excluding hydrogens is 428 g/mol. The summed E-state index contributed by atoms with van der Waals surface area (Å²) in [4.78, 5) is 35.1. The summed E-state index contributed by atoms with van der Waals surface area (Å²) in [5.41, 5.74) is 2.25. The Labute approximate surface area is 196 Å². The lowest BCUT2D eigenvalue weighted by Gasteiger charge is -2.29. The van der Waals surface area contributed by atoms with Gasteiger partial charge in [-0.1, -0.05) is 66.7 Å². The maximum absolute atomic E-state index is 13.9. The summed E-state index contributed by atoms with van der Waals surface area (Å²) in [7, 11) is 1.61. The molecule has 2 fully saturated rings. The van der Waals surface area contributed by atoms with Gasteiger partial charge in [0, 0.05) is 5.39 Å². The Kier molecular flexibility index (Phi) is 4.81. The van der Waals surface area contributed by atoms with Crippen molar-refractivity contribution >= 4 is 34.0 Å². The number of carbonyl (C=O) groups is 2. The van der Waals surface area contributed by atoms with Gasteiger partial charge < -0.3 is 4.74 Å². The molecule has 2 aliphatic heterocycles. The number of amides is 2. The summed E-state index contributed by atoms with van der Waals surface area (Å²) in [6, 6.07) is 30.1. The van der Waals surface area contributed by atoms with Crippen molar-refractivity contribution in [3.05, 3.63) is 103 Å².